The van der Waals surface area contributed by atoms with Gasteiger partial charge in [-0.05, 0) is 77.9 Å². The van der Waals surface area contributed by atoms with Gasteiger partial charge in [-0.15, -0.1) is 0 Å². The Morgan fingerprint density at radius 2 is 1.02 bits per heavy atom. The molecule has 4 nitrogen and oxygen atoms in total. The molecule has 7 aromatic carbocycles. The van der Waals surface area contributed by atoms with Crippen LogP contribution in [0.4, 0.5) is 5.69 Å². The first-order chi connectivity index (χ1) is 23.3. The minimum absolute atomic E-state index is 0.613. The molecule has 10 rings (SSSR count). The van der Waals surface area contributed by atoms with E-state index in [0.29, 0.717) is 5.69 Å². The molecule has 0 aliphatic rings. The van der Waals surface area contributed by atoms with Gasteiger partial charge in [0, 0.05) is 38.3 Å². The Hall–Kier alpha value is -6.57. The third-order valence-corrected chi connectivity index (χ3v) is 9.51. The Bertz CT molecular complexity index is 2880. The fraction of sp³-hybridized carbons (Fsp3) is 0. The molecule has 0 aliphatic carbocycles. The van der Waals surface area contributed by atoms with Crippen LogP contribution in [0.3, 0.4) is 0 Å². The van der Waals surface area contributed by atoms with Crippen molar-refractivity contribution in [2.75, 3.05) is 0 Å². The number of para-hydroxylation sites is 3. The SMILES string of the molecule is [C-]#[N+]c1ccc2oc3c(ccc4c3c3ccccc3n4-c3cccc(-c4cccc(-n5c6ccccc6c6ccccc65)c4)c3)c2c1. The van der Waals surface area contributed by atoms with Gasteiger partial charge in [-0.25, -0.2) is 4.85 Å². The van der Waals surface area contributed by atoms with E-state index in [9.17, 15) is 0 Å². The topological polar surface area (TPSA) is 27.4 Å². The van der Waals surface area contributed by atoms with E-state index in [1.807, 2.05) is 18.2 Å². The van der Waals surface area contributed by atoms with E-state index in [-0.39, 0.29) is 0 Å². The zero-order valence-corrected chi connectivity index (χ0v) is 25.2. The first-order valence-corrected chi connectivity index (χ1v) is 15.7. The Kier molecular flexibility index (Phi) is 5.32. The van der Waals surface area contributed by atoms with Gasteiger partial charge in [0.05, 0.1) is 34.0 Å². The van der Waals surface area contributed by atoms with Gasteiger partial charge in [0.2, 0.25) is 0 Å². The summed E-state index contributed by atoms with van der Waals surface area (Å²) in [4.78, 5) is 3.65. The van der Waals surface area contributed by atoms with Gasteiger partial charge in [-0.3, -0.25) is 0 Å². The van der Waals surface area contributed by atoms with Crippen LogP contribution in [0, 0.1) is 6.57 Å². The summed E-state index contributed by atoms with van der Waals surface area (Å²) in [6.45, 7) is 7.50. The number of benzene rings is 7. The van der Waals surface area contributed by atoms with Crippen LogP contribution in [0.2, 0.25) is 0 Å². The van der Waals surface area contributed by atoms with Gasteiger partial charge in [0.1, 0.15) is 11.2 Å². The molecule has 4 heteroatoms. The Labute approximate surface area is 269 Å². The molecular weight excluding hydrogens is 574 g/mol. The lowest BCUT2D eigenvalue weighted by atomic mass is 10.0. The standard InChI is InChI=1S/C43H25N3O/c1-44-29-20-23-41-36(26-29)34-21-22-40-42(43(34)47-41)35-16-4-7-19-39(35)46(40)31-13-9-11-28(25-31)27-10-8-12-30(24-27)45-37-17-5-2-14-32(37)33-15-3-6-18-38(33)45/h2-26H. The summed E-state index contributed by atoms with van der Waals surface area (Å²) >= 11 is 0. The first kappa shape index (κ1) is 25.7. The zero-order chi connectivity index (χ0) is 31.1. The summed E-state index contributed by atoms with van der Waals surface area (Å²) in [7, 11) is 0. The van der Waals surface area contributed by atoms with Crippen molar-refractivity contribution in [3.63, 3.8) is 0 Å². The van der Waals surface area contributed by atoms with Gasteiger partial charge in [-0.2, -0.15) is 0 Å². The molecule has 0 unspecified atom stereocenters. The van der Waals surface area contributed by atoms with Crippen LogP contribution in [0.25, 0.3) is 92.9 Å². The van der Waals surface area contributed by atoms with Crippen molar-refractivity contribution in [1.82, 2.24) is 9.13 Å². The maximum absolute atomic E-state index is 7.50. The van der Waals surface area contributed by atoms with Crippen molar-refractivity contribution in [3.05, 3.63) is 163 Å². The normalized spacial score (nSPS) is 11.8. The zero-order valence-electron chi connectivity index (χ0n) is 25.2. The van der Waals surface area contributed by atoms with E-state index < -0.39 is 0 Å². The number of hydrogen-bond donors (Lipinski definition) is 0. The molecule has 0 aliphatic heterocycles. The second-order valence-corrected chi connectivity index (χ2v) is 12.1. The van der Waals surface area contributed by atoms with Crippen molar-refractivity contribution in [2.24, 2.45) is 0 Å². The monoisotopic (exact) mass is 599 g/mol. The highest BCUT2D eigenvalue weighted by Gasteiger charge is 2.19. The van der Waals surface area contributed by atoms with Gasteiger partial charge >= 0.3 is 0 Å². The minimum atomic E-state index is 0.613. The maximum atomic E-state index is 7.50. The van der Waals surface area contributed by atoms with Crippen molar-refractivity contribution in [1.29, 1.82) is 0 Å². The second kappa shape index (κ2) is 9.71. The molecule has 3 heterocycles. The molecule has 0 saturated carbocycles. The number of aromatic nitrogens is 2. The number of fused-ring (bicyclic) bond motifs is 10. The maximum Gasteiger partial charge on any atom is 0.188 e. The summed E-state index contributed by atoms with van der Waals surface area (Å²) in [5.74, 6) is 0. The summed E-state index contributed by atoms with van der Waals surface area (Å²) in [6, 6.07) is 53.4. The lowest BCUT2D eigenvalue weighted by Gasteiger charge is -2.12. The lowest BCUT2D eigenvalue weighted by molar-refractivity contribution is 0.673. The fourth-order valence-electron chi connectivity index (χ4n) is 7.47. The van der Waals surface area contributed by atoms with Crippen molar-refractivity contribution in [2.45, 2.75) is 0 Å². The molecule has 218 valence electrons. The van der Waals surface area contributed by atoms with Crippen LogP contribution < -0.4 is 0 Å². The molecule has 0 saturated heterocycles. The van der Waals surface area contributed by atoms with E-state index in [2.05, 4.69) is 147 Å². The van der Waals surface area contributed by atoms with Gasteiger partial charge in [0.25, 0.3) is 0 Å². The van der Waals surface area contributed by atoms with Crippen LogP contribution >= 0.6 is 0 Å². The molecule has 0 radical (unpaired) electrons. The van der Waals surface area contributed by atoms with E-state index >= 15 is 0 Å². The predicted molar refractivity (Wildman–Crippen MR) is 194 cm³/mol. The molecular formula is C43H25N3O. The quantitative estimate of drug-likeness (QED) is 0.186. The molecule has 0 fully saturated rings. The highest BCUT2D eigenvalue weighted by Crippen LogP contribution is 2.42. The fourth-order valence-corrected chi connectivity index (χ4v) is 7.47. The second-order valence-electron chi connectivity index (χ2n) is 12.1. The van der Waals surface area contributed by atoms with Crippen molar-refractivity contribution in [3.8, 4) is 22.5 Å². The summed E-state index contributed by atoms with van der Waals surface area (Å²) in [6.07, 6.45) is 0. The molecule has 47 heavy (non-hydrogen) atoms. The Morgan fingerprint density at radius 1 is 0.447 bits per heavy atom. The minimum Gasteiger partial charge on any atom is -0.455 e. The number of nitrogens with zero attached hydrogens (tertiary/aromatic N) is 3. The highest BCUT2D eigenvalue weighted by atomic mass is 16.3. The smallest absolute Gasteiger partial charge is 0.188 e. The van der Waals surface area contributed by atoms with Gasteiger partial charge < -0.3 is 13.6 Å². The predicted octanol–water partition coefficient (Wildman–Crippen LogP) is 12.0. The average Bonchev–Trinajstić information content (AvgIpc) is 3.79. The highest BCUT2D eigenvalue weighted by molar-refractivity contribution is 6.24. The molecule has 0 spiro atoms. The van der Waals surface area contributed by atoms with E-state index in [0.717, 1.165) is 66.2 Å². The number of hydrogen-bond acceptors (Lipinski definition) is 1. The van der Waals surface area contributed by atoms with E-state index in [4.69, 9.17) is 11.0 Å². The molecule has 0 N–H and O–H groups in total. The summed E-state index contributed by atoms with van der Waals surface area (Å²) < 4.78 is 11.2. The van der Waals surface area contributed by atoms with Crippen LogP contribution in [0.5, 0.6) is 0 Å². The Balaban J connectivity index is 1.17. The molecule has 0 amide bonds. The third-order valence-electron chi connectivity index (χ3n) is 9.51. The van der Waals surface area contributed by atoms with E-state index in [1.165, 1.54) is 21.8 Å². The number of furan rings is 1. The van der Waals surface area contributed by atoms with Crippen LogP contribution in [-0.4, -0.2) is 9.13 Å². The van der Waals surface area contributed by atoms with Crippen LogP contribution in [0.1, 0.15) is 0 Å². The summed E-state index contributed by atoms with van der Waals surface area (Å²) in [5.41, 5.74) is 11.4. The molecule has 10 aromatic rings. The molecule has 0 atom stereocenters. The lowest BCUT2D eigenvalue weighted by Crippen LogP contribution is -1.96. The largest absolute Gasteiger partial charge is 0.455 e. The first-order valence-electron chi connectivity index (χ1n) is 15.7. The molecule has 3 aromatic heterocycles. The Morgan fingerprint density at radius 3 is 1.66 bits per heavy atom. The van der Waals surface area contributed by atoms with E-state index in [1.54, 1.807) is 0 Å². The summed E-state index contributed by atoms with van der Waals surface area (Å²) in [5, 5.41) is 6.72. The third kappa shape index (κ3) is 3.69. The van der Waals surface area contributed by atoms with Crippen molar-refractivity contribution < 1.29 is 4.42 Å². The van der Waals surface area contributed by atoms with Crippen LogP contribution in [-0.2, 0) is 0 Å². The van der Waals surface area contributed by atoms with Gasteiger partial charge in [0.15, 0.2) is 5.69 Å². The molecule has 0 bridgehead atoms. The van der Waals surface area contributed by atoms with Crippen LogP contribution in [0.15, 0.2) is 156 Å². The average molecular weight is 600 g/mol. The number of rotatable bonds is 3. The van der Waals surface area contributed by atoms with Crippen molar-refractivity contribution >= 4 is 71.2 Å². The van der Waals surface area contributed by atoms with Gasteiger partial charge in [-0.1, -0.05) is 84.9 Å².